The Labute approximate surface area is 95.5 Å². The van der Waals surface area contributed by atoms with Crippen LogP contribution in [-0.2, 0) is 0 Å². The van der Waals surface area contributed by atoms with Crippen molar-refractivity contribution in [3.05, 3.63) is 32.8 Å². The Balaban J connectivity index is 2.91. The summed E-state index contributed by atoms with van der Waals surface area (Å²) in [4.78, 5) is 10.2. The van der Waals surface area contributed by atoms with Crippen LogP contribution in [0.25, 0.3) is 0 Å². The van der Waals surface area contributed by atoms with Crippen LogP contribution in [-0.4, -0.2) is 17.6 Å². The SMILES string of the molecule is CC(N)COc1ccc(Br)cc1[N+](=O)[O-]. The molecule has 1 aromatic rings. The van der Waals surface area contributed by atoms with Crippen LogP contribution in [0.3, 0.4) is 0 Å². The molecule has 6 heteroatoms. The molecular weight excluding hydrogens is 264 g/mol. The van der Waals surface area contributed by atoms with Crippen LogP contribution in [0.5, 0.6) is 5.75 Å². The van der Waals surface area contributed by atoms with Crippen molar-refractivity contribution in [2.75, 3.05) is 6.61 Å². The third-order valence-corrected chi connectivity index (χ3v) is 2.11. The average Bonchev–Trinajstić information content (AvgIpc) is 2.15. The topological polar surface area (TPSA) is 78.4 Å². The van der Waals surface area contributed by atoms with Gasteiger partial charge in [-0.15, -0.1) is 0 Å². The first kappa shape index (κ1) is 11.9. The lowest BCUT2D eigenvalue weighted by Gasteiger charge is -2.08. The highest BCUT2D eigenvalue weighted by atomic mass is 79.9. The highest BCUT2D eigenvalue weighted by Crippen LogP contribution is 2.29. The number of hydrogen-bond acceptors (Lipinski definition) is 4. The number of rotatable bonds is 4. The molecule has 0 fully saturated rings. The lowest BCUT2D eigenvalue weighted by atomic mass is 10.3. The number of ether oxygens (including phenoxy) is 1. The van der Waals surface area contributed by atoms with Crippen molar-refractivity contribution in [3.63, 3.8) is 0 Å². The van der Waals surface area contributed by atoms with Gasteiger partial charge in [0.25, 0.3) is 0 Å². The Morgan fingerprint density at radius 3 is 2.87 bits per heavy atom. The number of nitro benzene ring substituents is 1. The summed E-state index contributed by atoms with van der Waals surface area (Å²) < 4.78 is 5.87. The molecule has 1 atom stereocenters. The molecule has 0 bridgehead atoms. The van der Waals surface area contributed by atoms with Crippen LogP contribution in [0.4, 0.5) is 5.69 Å². The quantitative estimate of drug-likeness (QED) is 0.674. The van der Waals surface area contributed by atoms with E-state index in [1.54, 1.807) is 19.1 Å². The van der Waals surface area contributed by atoms with Crippen molar-refractivity contribution in [1.82, 2.24) is 0 Å². The first-order valence-corrected chi connectivity index (χ1v) is 5.12. The van der Waals surface area contributed by atoms with Gasteiger partial charge in [-0.3, -0.25) is 10.1 Å². The molecule has 0 heterocycles. The van der Waals surface area contributed by atoms with Gasteiger partial charge in [-0.1, -0.05) is 15.9 Å². The lowest BCUT2D eigenvalue weighted by Crippen LogP contribution is -2.23. The zero-order valence-corrected chi connectivity index (χ0v) is 9.73. The first-order valence-electron chi connectivity index (χ1n) is 4.33. The predicted molar refractivity (Wildman–Crippen MR) is 59.9 cm³/mol. The molecule has 0 radical (unpaired) electrons. The van der Waals surface area contributed by atoms with Gasteiger partial charge in [0.05, 0.1) is 4.92 Å². The van der Waals surface area contributed by atoms with Crippen molar-refractivity contribution in [2.45, 2.75) is 13.0 Å². The number of benzene rings is 1. The molecule has 5 nitrogen and oxygen atoms in total. The minimum atomic E-state index is -0.485. The molecule has 82 valence electrons. The fourth-order valence-corrected chi connectivity index (χ4v) is 1.33. The summed E-state index contributed by atoms with van der Waals surface area (Å²) in [5.41, 5.74) is 5.43. The molecule has 0 aromatic heterocycles. The van der Waals surface area contributed by atoms with Gasteiger partial charge in [0.15, 0.2) is 5.75 Å². The largest absolute Gasteiger partial charge is 0.485 e. The van der Waals surface area contributed by atoms with E-state index in [0.29, 0.717) is 4.47 Å². The molecule has 15 heavy (non-hydrogen) atoms. The molecule has 0 saturated carbocycles. The van der Waals surface area contributed by atoms with Crippen LogP contribution in [0, 0.1) is 10.1 Å². The van der Waals surface area contributed by atoms with Gasteiger partial charge >= 0.3 is 5.69 Å². The van der Waals surface area contributed by atoms with E-state index < -0.39 is 4.92 Å². The monoisotopic (exact) mass is 274 g/mol. The molecule has 0 saturated heterocycles. The van der Waals surface area contributed by atoms with Gasteiger partial charge in [-0.2, -0.15) is 0 Å². The summed E-state index contributed by atoms with van der Waals surface area (Å²) in [6.07, 6.45) is 0. The van der Waals surface area contributed by atoms with Crippen molar-refractivity contribution < 1.29 is 9.66 Å². The van der Waals surface area contributed by atoms with Gasteiger partial charge < -0.3 is 10.5 Å². The van der Waals surface area contributed by atoms with Crippen molar-refractivity contribution in [3.8, 4) is 5.75 Å². The van der Waals surface area contributed by atoms with Crippen LogP contribution in [0.15, 0.2) is 22.7 Å². The Morgan fingerprint density at radius 2 is 2.33 bits per heavy atom. The van der Waals surface area contributed by atoms with Crippen LogP contribution < -0.4 is 10.5 Å². The second-order valence-corrected chi connectivity index (χ2v) is 4.07. The maximum Gasteiger partial charge on any atom is 0.312 e. The van der Waals surface area contributed by atoms with Crippen molar-refractivity contribution in [2.24, 2.45) is 5.73 Å². The predicted octanol–water partition coefficient (Wildman–Crippen LogP) is 2.08. The zero-order valence-electron chi connectivity index (χ0n) is 8.14. The van der Waals surface area contributed by atoms with Crippen LogP contribution in [0.2, 0.25) is 0 Å². The summed E-state index contributed by atoms with van der Waals surface area (Å²) >= 11 is 3.16. The molecule has 1 unspecified atom stereocenters. The minimum absolute atomic E-state index is 0.0648. The van der Waals surface area contributed by atoms with Gasteiger partial charge in [0.2, 0.25) is 0 Å². The summed E-state index contributed by atoms with van der Waals surface area (Å²) in [5.74, 6) is 0.237. The maximum absolute atomic E-state index is 10.7. The molecule has 0 spiro atoms. The summed E-state index contributed by atoms with van der Waals surface area (Å²) in [5, 5.41) is 10.7. The number of nitro groups is 1. The summed E-state index contributed by atoms with van der Waals surface area (Å²) in [7, 11) is 0. The zero-order chi connectivity index (χ0) is 11.4. The Kier molecular flexibility index (Phi) is 4.05. The van der Waals surface area contributed by atoms with E-state index in [9.17, 15) is 10.1 Å². The van der Waals surface area contributed by atoms with Gasteiger partial charge in [-0.25, -0.2) is 0 Å². The third-order valence-electron chi connectivity index (χ3n) is 1.62. The number of hydrogen-bond donors (Lipinski definition) is 1. The maximum atomic E-state index is 10.7. The standard InChI is InChI=1S/C9H11BrN2O3/c1-6(11)5-15-9-3-2-7(10)4-8(9)12(13)14/h2-4,6H,5,11H2,1H3. The highest BCUT2D eigenvalue weighted by molar-refractivity contribution is 9.10. The Morgan fingerprint density at radius 1 is 1.67 bits per heavy atom. The van der Waals surface area contributed by atoms with Crippen LogP contribution in [0.1, 0.15) is 6.92 Å². The number of nitrogens with zero attached hydrogens (tertiary/aromatic N) is 1. The number of halogens is 1. The molecule has 2 N–H and O–H groups in total. The number of nitrogens with two attached hydrogens (primary N) is 1. The average molecular weight is 275 g/mol. The summed E-state index contributed by atoms with van der Waals surface area (Å²) in [6, 6.07) is 4.47. The van der Waals surface area contributed by atoms with Gasteiger partial charge in [0.1, 0.15) is 6.61 Å². The first-order chi connectivity index (χ1) is 7.00. The van der Waals surface area contributed by atoms with Crippen molar-refractivity contribution in [1.29, 1.82) is 0 Å². The fourth-order valence-electron chi connectivity index (χ4n) is 0.976. The third kappa shape index (κ3) is 3.49. The highest BCUT2D eigenvalue weighted by Gasteiger charge is 2.15. The lowest BCUT2D eigenvalue weighted by molar-refractivity contribution is -0.385. The van der Waals surface area contributed by atoms with E-state index in [0.717, 1.165) is 0 Å². The molecule has 0 amide bonds. The Bertz CT molecular complexity index is 368. The normalized spacial score (nSPS) is 12.2. The fraction of sp³-hybridized carbons (Fsp3) is 0.333. The Hall–Kier alpha value is -1.14. The van der Waals surface area contributed by atoms with E-state index in [-0.39, 0.29) is 24.1 Å². The smallest absolute Gasteiger partial charge is 0.312 e. The van der Waals surface area contributed by atoms with Gasteiger partial charge in [-0.05, 0) is 19.1 Å². The molecule has 0 aliphatic carbocycles. The van der Waals surface area contributed by atoms with E-state index in [1.165, 1.54) is 6.07 Å². The van der Waals surface area contributed by atoms with E-state index in [4.69, 9.17) is 10.5 Å². The second kappa shape index (κ2) is 5.09. The van der Waals surface area contributed by atoms with E-state index >= 15 is 0 Å². The van der Waals surface area contributed by atoms with Crippen molar-refractivity contribution >= 4 is 21.6 Å². The van der Waals surface area contributed by atoms with Gasteiger partial charge in [0, 0.05) is 16.6 Å². The summed E-state index contributed by atoms with van der Waals surface area (Å²) in [6.45, 7) is 2.02. The van der Waals surface area contributed by atoms with E-state index in [2.05, 4.69) is 15.9 Å². The molecule has 1 rings (SSSR count). The second-order valence-electron chi connectivity index (χ2n) is 3.16. The van der Waals surface area contributed by atoms with E-state index in [1.807, 2.05) is 0 Å². The minimum Gasteiger partial charge on any atom is -0.485 e. The molecule has 1 aromatic carbocycles. The van der Waals surface area contributed by atoms with Crippen LogP contribution >= 0.6 is 15.9 Å². The molecule has 0 aliphatic rings. The molecular formula is C9H11BrN2O3. The molecule has 0 aliphatic heterocycles.